The first-order chi connectivity index (χ1) is 18.1. The van der Waals surface area contributed by atoms with Crippen molar-refractivity contribution in [3.05, 3.63) is 77.2 Å². The Balaban J connectivity index is 1.49. The number of rotatable bonds is 8. The van der Waals surface area contributed by atoms with Crippen LogP contribution in [0, 0.1) is 11.3 Å². The third-order valence-corrected chi connectivity index (χ3v) is 6.08. The molecule has 5 rings (SSSR count). The minimum Gasteiger partial charge on any atom is -0.492 e. The molecule has 0 radical (unpaired) electrons. The van der Waals surface area contributed by atoms with Crippen LogP contribution in [0.4, 0.5) is 17.1 Å². The van der Waals surface area contributed by atoms with Crippen LogP contribution in [0.15, 0.2) is 60.9 Å². The van der Waals surface area contributed by atoms with Crippen LogP contribution in [-0.2, 0) is 11.4 Å². The van der Waals surface area contributed by atoms with Crippen LogP contribution >= 0.6 is 11.6 Å². The number of nitrogens with zero attached hydrogens (tertiary/aromatic N) is 4. The quantitative estimate of drug-likeness (QED) is 0.320. The van der Waals surface area contributed by atoms with Crippen molar-refractivity contribution in [3.63, 3.8) is 0 Å². The second-order valence-corrected chi connectivity index (χ2v) is 8.64. The summed E-state index contributed by atoms with van der Waals surface area (Å²) in [6.45, 7) is 2.98. The van der Waals surface area contributed by atoms with E-state index in [1.165, 1.54) is 11.3 Å². The Morgan fingerprint density at radius 3 is 2.78 bits per heavy atom. The highest BCUT2D eigenvalue weighted by Crippen LogP contribution is 2.40. The van der Waals surface area contributed by atoms with E-state index in [1.807, 2.05) is 31.2 Å². The number of hydroxylamine groups is 1. The van der Waals surface area contributed by atoms with Gasteiger partial charge in [0.05, 0.1) is 40.7 Å². The Hall–Kier alpha value is -4.10. The third-order valence-electron chi connectivity index (χ3n) is 5.79. The first-order valence-corrected chi connectivity index (χ1v) is 12.1. The fourth-order valence-electron chi connectivity index (χ4n) is 4.04. The van der Waals surface area contributed by atoms with Crippen LogP contribution in [0.25, 0.3) is 10.9 Å². The molecule has 1 aliphatic heterocycles. The fourth-order valence-corrected chi connectivity index (χ4v) is 4.27. The summed E-state index contributed by atoms with van der Waals surface area (Å²) in [7, 11) is 0. The predicted molar refractivity (Wildman–Crippen MR) is 140 cm³/mol. The van der Waals surface area contributed by atoms with E-state index in [4.69, 9.17) is 25.9 Å². The van der Waals surface area contributed by atoms with Gasteiger partial charge in [-0.3, -0.25) is 14.8 Å². The van der Waals surface area contributed by atoms with Crippen LogP contribution in [0.2, 0.25) is 5.02 Å². The molecule has 1 atom stereocenters. The minimum atomic E-state index is -0.808. The number of nitrogens with one attached hydrogen (secondary N) is 1. The average molecular weight is 518 g/mol. The van der Waals surface area contributed by atoms with E-state index in [0.29, 0.717) is 69.7 Å². The molecule has 37 heavy (non-hydrogen) atoms. The highest BCUT2D eigenvalue weighted by atomic mass is 35.5. The maximum absolute atomic E-state index is 10.4. The molecule has 9 nitrogen and oxygen atoms in total. The molecular weight excluding hydrogens is 494 g/mol. The number of nitriles is 1. The number of hydrogen-bond donors (Lipinski definition) is 2. The lowest BCUT2D eigenvalue weighted by atomic mass is 10.1. The van der Waals surface area contributed by atoms with Gasteiger partial charge in [0.1, 0.15) is 29.9 Å². The largest absolute Gasteiger partial charge is 0.492 e. The smallest absolute Gasteiger partial charge is 0.153 e. The molecule has 188 valence electrons. The summed E-state index contributed by atoms with van der Waals surface area (Å²) in [6, 6.07) is 16.7. The highest BCUT2D eigenvalue weighted by Gasteiger charge is 2.28. The van der Waals surface area contributed by atoms with Crippen LogP contribution < -0.4 is 19.9 Å². The molecule has 2 aromatic heterocycles. The van der Waals surface area contributed by atoms with Gasteiger partial charge < -0.3 is 19.9 Å². The number of pyridine rings is 2. The minimum absolute atomic E-state index is 0.288. The van der Waals surface area contributed by atoms with Crippen molar-refractivity contribution in [2.24, 2.45) is 0 Å². The Morgan fingerprint density at radius 2 is 2.08 bits per heavy atom. The van der Waals surface area contributed by atoms with Crippen molar-refractivity contribution in [2.75, 3.05) is 23.6 Å². The Morgan fingerprint density at radius 1 is 1.19 bits per heavy atom. The standard InChI is InChI=1S/C27H24ClN5O4/c1-2-35-25-13-22-20(12-23(25)33-26(34)8-10-37-33)27(17(14-29)15-31-22)32-18-6-7-24(21(28)11-18)36-16-19-5-3-4-9-30-19/h3-7,9,11-13,15,26,34H,2,8,10,16H2,1H3,(H,31,32). The van der Waals surface area contributed by atoms with Gasteiger partial charge in [0.25, 0.3) is 0 Å². The van der Waals surface area contributed by atoms with E-state index in [2.05, 4.69) is 21.4 Å². The van der Waals surface area contributed by atoms with Gasteiger partial charge in [0.2, 0.25) is 0 Å². The molecule has 1 fully saturated rings. The molecule has 3 heterocycles. The van der Waals surface area contributed by atoms with Gasteiger partial charge in [-0.15, -0.1) is 0 Å². The van der Waals surface area contributed by atoms with Gasteiger partial charge in [-0.2, -0.15) is 5.26 Å². The molecule has 1 saturated heterocycles. The van der Waals surface area contributed by atoms with Crippen molar-refractivity contribution >= 4 is 39.6 Å². The molecule has 0 saturated carbocycles. The van der Waals surface area contributed by atoms with E-state index in [1.54, 1.807) is 30.5 Å². The maximum Gasteiger partial charge on any atom is 0.153 e. The summed E-state index contributed by atoms with van der Waals surface area (Å²) in [5, 5.41) is 26.0. The lowest BCUT2D eigenvalue weighted by Gasteiger charge is -2.24. The zero-order chi connectivity index (χ0) is 25.8. The van der Waals surface area contributed by atoms with Crippen LogP contribution in [0.1, 0.15) is 24.6 Å². The molecule has 4 aromatic rings. The van der Waals surface area contributed by atoms with Crippen molar-refractivity contribution in [3.8, 4) is 17.6 Å². The summed E-state index contributed by atoms with van der Waals surface area (Å²) in [5.41, 5.74) is 3.50. The van der Waals surface area contributed by atoms with Gasteiger partial charge in [-0.1, -0.05) is 17.7 Å². The second kappa shape index (κ2) is 10.9. The SMILES string of the molecule is CCOc1cc2ncc(C#N)c(Nc3ccc(OCc4ccccn4)c(Cl)c3)c2cc1N1OCCC1O. The van der Waals surface area contributed by atoms with E-state index >= 15 is 0 Å². The molecule has 0 spiro atoms. The summed E-state index contributed by atoms with van der Waals surface area (Å²) in [4.78, 5) is 14.3. The van der Waals surface area contributed by atoms with Gasteiger partial charge in [-0.25, -0.2) is 5.06 Å². The molecule has 0 bridgehead atoms. The normalized spacial score (nSPS) is 15.0. The lowest BCUT2D eigenvalue weighted by Crippen LogP contribution is -2.27. The molecule has 0 aliphatic carbocycles. The molecule has 2 N–H and O–H groups in total. The average Bonchev–Trinajstić information content (AvgIpc) is 3.34. The van der Waals surface area contributed by atoms with Crippen LogP contribution in [-0.4, -0.2) is 34.5 Å². The summed E-state index contributed by atoms with van der Waals surface area (Å²) < 4.78 is 11.6. The Labute approximate surface area is 218 Å². The first kappa shape index (κ1) is 24.6. The van der Waals surface area contributed by atoms with Gasteiger partial charge in [0, 0.05) is 36.0 Å². The topological polar surface area (TPSA) is 113 Å². The van der Waals surface area contributed by atoms with Crippen LogP contribution in [0.3, 0.4) is 0 Å². The number of hydrogen-bond acceptors (Lipinski definition) is 9. The van der Waals surface area contributed by atoms with Gasteiger partial charge >= 0.3 is 0 Å². The highest BCUT2D eigenvalue weighted by molar-refractivity contribution is 6.32. The monoisotopic (exact) mass is 517 g/mol. The summed E-state index contributed by atoms with van der Waals surface area (Å²) >= 11 is 6.51. The van der Waals surface area contributed by atoms with E-state index in [-0.39, 0.29) is 6.61 Å². The fraction of sp³-hybridized carbons (Fsp3) is 0.222. The number of halogens is 1. The lowest BCUT2D eigenvalue weighted by molar-refractivity contribution is 0.0923. The number of fused-ring (bicyclic) bond motifs is 1. The van der Waals surface area contributed by atoms with Crippen LogP contribution in [0.5, 0.6) is 11.5 Å². The van der Waals surface area contributed by atoms with Crippen molar-refractivity contribution < 1.29 is 19.4 Å². The van der Waals surface area contributed by atoms with E-state index in [9.17, 15) is 10.4 Å². The number of aromatic nitrogens is 2. The number of aliphatic hydroxyl groups is 1. The van der Waals surface area contributed by atoms with Gasteiger partial charge in [0.15, 0.2) is 6.23 Å². The molecule has 1 aliphatic rings. The maximum atomic E-state index is 10.4. The third kappa shape index (κ3) is 5.22. The predicted octanol–water partition coefficient (Wildman–Crippen LogP) is 5.34. The molecule has 1 unspecified atom stereocenters. The zero-order valence-electron chi connectivity index (χ0n) is 20.0. The first-order valence-electron chi connectivity index (χ1n) is 11.8. The summed E-state index contributed by atoms with van der Waals surface area (Å²) in [5.74, 6) is 1.04. The van der Waals surface area contributed by atoms with E-state index < -0.39 is 6.23 Å². The van der Waals surface area contributed by atoms with E-state index in [0.717, 1.165) is 5.69 Å². The molecule has 0 amide bonds. The summed E-state index contributed by atoms with van der Waals surface area (Å²) in [6.07, 6.45) is 2.88. The number of anilines is 3. The number of benzene rings is 2. The Bertz CT molecular complexity index is 1460. The number of aliphatic hydroxyl groups excluding tert-OH is 1. The van der Waals surface area contributed by atoms with Crippen molar-refractivity contribution in [1.82, 2.24) is 9.97 Å². The molecule has 2 aromatic carbocycles. The van der Waals surface area contributed by atoms with Crippen molar-refractivity contribution in [2.45, 2.75) is 26.2 Å². The van der Waals surface area contributed by atoms with Crippen molar-refractivity contribution in [1.29, 1.82) is 5.26 Å². The Kier molecular flexibility index (Phi) is 7.23. The molecular formula is C27H24ClN5O4. The van der Waals surface area contributed by atoms with Gasteiger partial charge in [-0.05, 0) is 43.3 Å². The molecule has 10 heteroatoms. The zero-order valence-corrected chi connectivity index (χ0v) is 20.8. The number of ether oxygens (including phenoxy) is 2. The second-order valence-electron chi connectivity index (χ2n) is 8.24.